The van der Waals surface area contributed by atoms with Crippen molar-refractivity contribution in [1.29, 1.82) is 0 Å². The number of carboxylic acids is 1. The second-order valence-corrected chi connectivity index (χ2v) is 4.94. The van der Waals surface area contributed by atoms with E-state index in [0.717, 1.165) is 0 Å². The van der Waals surface area contributed by atoms with Gasteiger partial charge in [-0.2, -0.15) is 4.98 Å². The molecule has 1 aromatic rings. The Morgan fingerprint density at radius 2 is 2.25 bits per heavy atom. The molecule has 16 heavy (non-hydrogen) atoms. The first-order valence-electron chi connectivity index (χ1n) is 5.21. The predicted octanol–water partition coefficient (Wildman–Crippen LogP) is 2.29. The minimum atomic E-state index is -0.795. The van der Waals surface area contributed by atoms with E-state index in [1.54, 1.807) is 0 Å². The standard InChI is InChI=1S/C10H16N2O3S/c1-4-7(10(13)14)16-5-8-11-9(6(2)3)12-15-8/h6-7H,4-5H2,1-3H3,(H,13,14). The van der Waals surface area contributed by atoms with Gasteiger partial charge in [-0.15, -0.1) is 11.8 Å². The van der Waals surface area contributed by atoms with E-state index in [4.69, 9.17) is 9.63 Å². The quantitative estimate of drug-likeness (QED) is 0.827. The van der Waals surface area contributed by atoms with E-state index in [1.807, 2.05) is 20.8 Å². The van der Waals surface area contributed by atoms with Crippen molar-refractivity contribution in [3.8, 4) is 0 Å². The van der Waals surface area contributed by atoms with Crippen LogP contribution in [0.4, 0.5) is 0 Å². The van der Waals surface area contributed by atoms with Crippen LogP contribution in [0.15, 0.2) is 4.52 Å². The lowest BCUT2D eigenvalue weighted by molar-refractivity contribution is -0.136. The van der Waals surface area contributed by atoms with Gasteiger partial charge in [0.2, 0.25) is 5.89 Å². The molecule has 1 unspecified atom stereocenters. The van der Waals surface area contributed by atoms with Gasteiger partial charge in [0.25, 0.3) is 0 Å². The summed E-state index contributed by atoms with van der Waals surface area (Å²) in [5.74, 6) is 1.04. The summed E-state index contributed by atoms with van der Waals surface area (Å²) in [5, 5.41) is 12.3. The van der Waals surface area contributed by atoms with Crippen LogP contribution in [-0.4, -0.2) is 26.5 Å². The lowest BCUT2D eigenvalue weighted by atomic mass is 10.2. The third-order valence-electron chi connectivity index (χ3n) is 2.05. The molecule has 0 fully saturated rings. The SMILES string of the molecule is CCC(SCc1nc(C(C)C)no1)C(=O)O. The Balaban J connectivity index is 2.50. The molecule has 0 bridgehead atoms. The molecule has 5 nitrogen and oxygen atoms in total. The number of carbonyl (C=O) groups is 1. The van der Waals surface area contributed by atoms with E-state index in [2.05, 4.69) is 10.1 Å². The molecule has 0 aliphatic carbocycles. The van der Waals surface area contributed by atoms with Gasteiger partial charge in [0, 0.05) is 5.92 Å². The maximum Gasteiger partial charge on any atom is 0.316 e. The maximum absolute atomic E-state index is 10.8. The maximum atomic E-state index is 10.8. The van der Waals surface area contributed by atoms with Crippen LogP contribution >= 0.6 is 11.8 Å². The number of hydrogen-bond donors (Lipinski definition) is 1. The zero-order valence-corrected chi connectivity index (χ0v) is 10.5. The molecule has 1 heterocycles. The van der Waals surface area contributed by atoms with Crippen LogP contribution in [0.3, 0.4) is 0 Å². The fourth-order valence-corrected chi connectivity index (χ4v) is 1.94. The molecule has 0 saturated heterocycles. The van der Waals surface area contributed by atoms with Crippen molar-refractivity contribution in [3.05, 3.63) is 11.7 Å². The third kappa shape index (κ3) is 3.52. The summed E-state index contributed by atoms with van der Waals surface area (Å²) < 4.78 is 5.03. The van der Waals surface area contributed by atoms with Crippen molar-refractivity contribution < 1.29 is 14.4 Å². The Kier molecular flexibility index (Phi) is 4.79. The number of aliphatic carboxylic acids is 1. The Hall–Kier alpha value is -1.04. The smallest absolute Gasteiger partial charge is 0.316 e. The van der Waals surface area contributed by atoms with Crippen LogP contribution in [0.25, 0.3) is 0 Å². The molecule has 1 atom stereocenters. The van der Waals surface area contributed by atoms with Crippen LogP contribution < -0.4 is 0 Å². The highest BCUT2D eigenvalue weighted by molar-refractivity contribution is 7.99. The number of aromatic nitrogens is 2. The van der Waals surface area contributed by atoms with Gasteiger partial charge in [0.15, 0.2) is 5.82 Å². The molecular weight excluding hydrogens is 228 g/mol. The van der Waals surface area contributed by atoms with Crippen LogP contribution in [0.5, 0.6) is 0 Å². The molecule has 6 heteroatoms. The zero-order chi connectivity index (χ0) is 12.1. The van der Waals surface area contributed by atoms with Gasteiger partial charge in [0.05, 0.1) is 5.75 Å². The molecule has 0 radical (unpaired) electrons. The Labute approximate surface area is 98.6 Å². The molecular formula is C10H16N2O3S. The predicted molar refractivity (Wildman–Crippen MR) is 61.4 cm³/mol. The van der Waals surface area contributed by atoms with Crippen LogP contribution in [-0.2, 0) is 10.5 Å². The molecule has 1 rings (SSSR count). The van der Waals surface area contributed by atoms with Gasteiger partial charge in [-0.3, -0.25) is 4.79 Å². The minimum absolute atomic E-state index is 0.226. The molecule has 0 spiro atoms. The molecule has 1 N–H and O–H groups in total. The second-order valence-electron chi connectivity index (χ2n) is 3.75. The van der Waals surface area contributed by atoms with Gasteiger partial charge >= 0.3 is 5.97 Å². The van der Waals surface area contributed by atoms with Crippen molar-refractivity contribution in [1.82, 2.24) is 10.1 Å². The summed E-state index contributed by atoms with van der Waals surface area (Å²) in [6, 6.07) is 0. The normalized spacial score (nSPS) is 13.0. The Morgan fingerprint density at radius 3 is 2.69 bits per heavy atom. The van der Waals surface area contributed by atoms with Gasteiger partial charge in [0.1, 0.15) is 5.25 Å². The van der Waals surface area contributed by atoms with Gasteiger partial charge in [-0.05, 0) is 6.42 Å². The average Bonchev–Trinajstić information content (AvgIpc) is 2.67. The summed E-state index contributed by atoms with van der Waals surface area (Å²) >= 11 is 1.31. The van der Waals surface area contributed by atoms with Crippen molar-refractivity contribution in [2.24, 2.45) is 0 Å². The summed E-state index contributed by atoms with van der Waals surface area (Å²) in [6.45, 7) is 5.81. The van der Waals surface area contributed by atoms with E-state index in [0.29, 0.717) is 23.9 Å². The zero-order valence-electron chi connectivity index (χ0n) is 9.64. The largest absolute Gasteiger partial charge is 0.480 e. The summed E-state index contributed by atoms with van der Waals surface area (Å²) in [6.07, 6.45) is 0.588. The van der Waals surface area contributed by atoms with Crippen LogP contribution in [0.2, 0.25) is 0 Å². The van der Waals surface area contributed by atoms with Crippen molar-refractivity contribution in [2.45, 2.75) is 44.1 Å². The van der Waals surface area contributed by atoms with Crippen molar-refractivity contribution in [2.75, 3.05) is 0 Å². The highest BCUT2D eigenvalue weighted by atomic mass is 32.2. The number of carboxylic acid groups (broad SMARTS) is 1. The first-order chi connectivity index (χ1) is 7.54. The molecule has 0 aliphatic heterocycles. The first-order valence-corrected chi connectivity index (χ1v) is 6.26. The summed E-state index contributed by atoms with van der Waals surface area (Å²) in [5.41, 5.74) is 0. The average molecular weight is 244 g/mol. The van der Waals surface area contributed by atoms with Crippen molar-refractivity contribution in [3.63, 3.8) is 0 Å². The number of nitrogens with zero attached hydrogens (tertiary/aromatic N) is 2. The second kappa shape index (κ2) is 5.89. The summed E-state index contributed by atoms with van der Waals surface area (Å²) in [7, 11) is 0. The highest BCUT2D eigenvalue weighted by Crippen LogP contribution is 2.20. The molecule has 0 aromatic carbocycles. The Morgan fingerprint density at radius 1 is 1.56 bits per heavy atom. The highest BCUT2D eigenvalue weighted by Gasteiger charge is 2.17. The van der Waals surface area contributed by atoms with E-state index < -0.39 is 11.2 Å². The fourth-order valence-electron chi connectivity index (χ4n) is 1.10. The molecule has 0 amide bonds. The molecule has 0 saturated carbocycles. The fraction of sp³-hybridized carbons (Fsp3) is 0.700. The number of thioether (sulfide) groups is 1. The van der Waals surface area contributed by atoms with Crippen LogP contribution in [0.1, 0.15) is 44.8 Å². The van der Waals surface area contributed by atoms with Gasteiger partial charge < -0.3 is 9.63 Å². The lowest BCUT2D eigenvalue weighted by Gasteiger charge is -2.06. The third-order valence-corrected chi connectivity index (χ3v) is 3.41. The minimum Gasteiger partial charge on any atom is -0.480 e. The van der Waals surface area contributed by atoms with Gasteiger partial charge in [-0.1, -0.05) is 25.9 Å². The summed E-state index contributed by atoms with van der Waals surface area (Å²) in [4.78, 5) is 15.0. The van der Waals surface area contributed by atoms with Crippen molar-refractivity contribution >= 4 is 17.7 Å². The topological polar surface area (TPSA) is 76.2 Å². The number of rotatable bonds is 6. The molecule has 90 valence electrons. The van der Waals surface area contributed by atoms with E-state index in [-0.39, 0.29) is 5.92 Å². The monoisotopic (exact) mass is 244 g/mol. The van der Waals surface area contributed by atoms with E-state index >= 15 is 0 Å². The lowest BCUT2D eigenvalue weighted by Crippen LogP contribution is -2.15. The van der Waals surface area contributed by atoms with E-state index in [1.165, 1.54) is 11.8 Å². The Bertz CT molecular complexity index is 352. The first kappa shape index (κ1) is 13.0. The van der Waals surface area contributed by atoms with Gasteiger partial charge in [-0.25, -0.2) is 0 Å². The van der Waals surface area contributed by atoms with Crippen LogP contribution in [0, 0.1) is 0 Å². The molecule has 0 aliphatic rings. The van der Waals surface area contributed by atoms with E-state index in [9.17, 15) is 4.79 Å². The molecule has 1 aromatic heterocycles. The number of hydrogen-bond acceptors (Lipinski definition) is 5.